The van der Waals surface area contributed by atoms with E-state index >= 15 is 0 Å². The zero-order valence-corrected chi connectivity index (χ0v) is 36.6. The van der Waals surface area contributed by atoms with Gasteiger partial charge in [0.2, 0.25) is 0 Å². The summed E-state index contributed by atoms with van der Waals surface area (Å²) in [5, 5.41) is 7.36. The van der Waals surface area contributed by atoms with E-state index in [1.54, 1.807) is 0 Å². The molecule has 0 atom stereocenters. The molecule has 0 fully saturated rings. The molecule has 0 saturated carbocycles. The maximum Gasteiger partial charge on any atom is 0.0540 e. The molecule has 0 bridgehead atoms. The quantitative estimate of drug-likeness (QED) is 0.127. The molecule has 0 radical (unpaired) electrons. The Labute approximate surface area is 386 Å². The molecule has 0 spiro atoms. The molecule has 0 saturated heterocycles. The van der Waals surface area contributed by atoms with Crippen LogP contribution >= 0.6 is 0 Å². The van der Waals surface area contributed by atoms with Crippen molar-refractivity contribution in [2.75, 3.05) is 9.80 Å². The third kappa shape index (κ3) is 7.01. The van der Waals surface area contributed by atoms with Crippen molar-refractivity contribution in [1.29, 1.82) is 0 Å². The number of rotatable bonds is 10. The van der Waals surface area contributed by atoms with Gasteiger partial charge >= 0.3 is 0 Å². The highest BCUT2D eigenvalue weighted by Gasteiger charge is 2.25. The summed E-state index contributed by atoms with van der Waals surface area (Å²) in [4.78, 5) is 4.94. The third-order valence-corrected chi connectivity index (χ3v) is 13.2. The molecule has 0 amide bonds. The van der Waals surface area contributed by atoms with Gasteiger partial charge in [-0.05, 0) is 128 Å². The highest BCUT2D eigenvalue weighted by Crippen LogP contribution is 2.50. The average molecular weight is 843 g/mol. The lowest BCUT2D eigenvalue weighted by atomic mass is 9.90. The van der Waals surface area contributed by atoms with Crippen molar-refractivity contribution >= 4 is 72.0 Å². The first kappa shape index (κ1) is 39.2. The van der Waals surface area contributed by atoms with Gasteiger partial charge in [0, 0.05) is 33.3 Å². The monoisotopic (exact) mass is 842 g/mol. The van der Waals surface area contributed by atoms with Crippen LogP contribution in [0.15, 0.2) is 255 Å². The van der Waals surface area contributed by atoms with Gasteiger partial charge in [0.05, 0.1) is 22.7 Å². The van der Waals surface area contributed by atoms with Crippen molar-refractivity contribution in [3.05, 3.63) is 260 Å². The van der Waals surface area contributed by atoms with Gasteiger partial charge in [-0.15, -0.1) is 0 Å². The van der Waals surface area contributed by atoms with E-state index in [0.29, 0.717) is 0 Å². The predicted molar refractivity (Wildman–Crippen MR) is 282 cm³/mol. The molecule has 1 aliphatic carbocycles. The van der Waals surface area contributed by atoms with Gasteiger partial charge in [-0.3, -0.25) is 0 Å². The second-order valence-electron chi connectivity index (χ2n) is 17.1. The van der Waals surface area contributed by atoms with E-state index in [2.05, 4.69) is 265 Å². The van der Waals surface area contributed by atoms with Crippen LogP contribution in [0, 0.1) is 0 Å². The first-order valence-electron chi connectivity index (χ1n) is 23.0. The van der Waals surface area contributed by atoms with Crippen molar-refractivity contribution < 1.29 is 0 Å². The van der Waals surface area contributed by atoms with Crippen LogP contribution in [0.2, 0.25) is 0 Å². The Hall–Kier alpha value is -8.46. The first-order valence-corrected chi connectivity index (χ1v) is 23.0. The van der Waals surface area contributed by atoms with Gasteiger partial charge in [-0.25, -0.2) is 0 Å². The summed E-state index contributed by atoms with van der Waals surface area (Å²) in [7, 11) is 0. The largest absolute Gasteiger partial charge is 0.309 e. The van der Waals surface area contributed by atoms with Crippen molar-refractivity contribution in [3.8, 4) is 33.4 Å². The van der Waals surface area contributed by atoms with Gasteiger partial charge in [-0.2, -0.15) is 0 Å². The molecule has 1 aliphatic rings. The molecule has 12 rings (SSSR count). The highest BCUT2D eigenvalue weighted by molar-refractivity contribution is 6.28. The fraction of sp³-hybridized carbons (Fsp3) is 0.0312. The van der Waals surface area contributed by atoms with Crippen LogP contribution in [0.4, 0.5) is 34.1 Å². The molecule has 0 unspecified atom stereocenters. The molecular weight excluding hydrogens is 797 g/mol. The van der Waals surface area contributed by atoms with Gasteiger partial charge < -0.3 is 9.80 Å². The number of benzene rings is 11. The van der Waals surface area contributed by atoms with E-state index in [1.807, 2.05) is 0 Å². The second kappa shape index (κ2) is 16.9. The minimum Gasteiger partial charge on any atom is -0.309 e. The standard InChI is InChI=1S/C64H46N2/c1-7-19-45(20-8-1)51-35-41-61(57(43-51)47-23-11-3-12-24-47)65(53-27-15-5-16-28-53)59-39-33-49-32-38-56-60(40-34-50-31-37-55(59)63(49)64(50)56)66(54-29-17-6-18-30-54)62-42-36-52(46-21-9-2-10-22-46)44-58(62)48-25-13-4-14-26-48/h1,3-9,11-44H,2,10H2. The molecule has 11 aromatic carbocycles. The summed E-state index contributed by atoms with van der Waals surface area (Å²) >= 11 is 0. The van der Waals surface area contributed by atoms with Crippen molar-refractivity contribution in [2.45, 2.75) is 12.8 Å². The molecule has 312 valence electrons. The number of para-hydroxylation sites is 2. The van der Waals surface area contributed by atoms with E-state index in [0.717, 1.165) is 47.0 Å². The minimum atomic E-state index is 1.06. The summed E-state index contributed by atoms with van der Waals surface area (Å²) in [6.45, 7) is 0. The molecule has 66 heavy (non-hydrogen) atoms. The van der Waals surface area contributed by atoms with Crippen LogP contribution in [0.25, 0.3) is 71.3 Å². The van der Waals surface area contributed by atoms with Gasteiger partial charge in [-0.1, -0.05) is 194 Å². The molecule has 0 aliphatic heterocycles. The Morgan fingerprint density at radius 3 is 1.18 bits per heavy atom. The summed E-state index contributed by atoms with van der Waals surface area (Å²) in [5.74, 6) is 0. The summed E-state index contributed by atoms with van der Waals surface area (Å²) in [6.07, 6.45) is 9.09. The summed E-state index contributed by atoms with van der Waals surface area (Å²) in [6, 6.07) is 86.6. The predicted octanol–water partition coefficient (Wildman–Crippen LogP) is 18.3. The Morgan fingerprint density at radius 2 is 0.712 bits per heavy atom. The molecular formula is C64H46N2. The van der Waals surface area contributed by atoms with E-state index in [9.17, 15) is 0 Å². The zero-order valence-electron chi connectivity index (χ0n) is 36.6. The molecule has 0 heterocycles. The normalized spacial score (nSPS) is 12.5. The lowest BCUT2D eigenvalue weighted by Gasteiger charge is -2.31. The fourth-order valence-corrected chi connectivity index (χ4v) is 10.1. The maximum absolute atomic E-state index is 2.47. The summed E-state index contributed by atoms with van der Waals surface area (Å²) in [5.41, 5.74) is 16.3. The lowest BCUT2D eigenvalue weighted by molar-refractivity contribution is 1.04. The number of hydrogen-bond acceptors (Lipinski definition) is 2. The number of anilines is 6. The van der Waals surface area contributed by atoms with Gasteiger partial charge in [0.1, 0.15) is 0 Å². The van der Waals surface area contributed by atoms with E-state index in [-0.39, 0.29) is 0 Å². The fourth-order valence-electron chi connectivity index (χ4n) is 10.1. The van der Waals surface area contributed by atoms with Crippen LogP contribution in [0.5, 0.6) is 0 Å². The van der Waals surface area contributed by atoms with Crippen LogP contribution in [0.3, 0.4) is 0 Å². The van der Waals surface area contributed by atoms with Gasteiger partial charge in [0.15, 0.2) is 0 Å². The van der Waals surface area contributed by atoms with Crippen LogP contribution < -0.4 is 9.80 Å². The maximum atomic E-state index is 2.47. The number of hydrogen-bond donors (Lipinski definition) is 0. The minimum absolute atomic E-state index is 1.06. The number of allylic oxidation sites excluding steroid dienone is 4. The Morgan fingerprint density at radius 1 is 0.303 bits per heavy atom. The Bertz CT molecular complexity index is 3560. The van der Waals surface area contributed by atoms with Crippen LogP contribution in [-0.4, -0.2) is 0 Å². The number of nitrogens with zero attached hydrogens (tertiary/aromatic N) is 2. The SMILES string of the molecule is C1=CC(c2ccc(N(c3ccccc3)c3ccc4ccc5c(N(c6ccccc6)c6ccc(-c7ccccc7)cc6-c6ccccc6)ccc6ccc3c4c65)c(-c3ccccc3)c2)=CCC1. The van der Waals surface area contributed by atoms with E-state index in [4.69, 9.17) is 0 Å². The van der Waals surface area contributed by atoms with Crippen molar-refractivity contribution in [1.82, 2.24) is 0 Å². The average Bonchev–Trinajstić information content (AvgIpc) is 3.40. The van der Waals surface area contributed by atoms with Crippen molar-refractivity contribution in [2.24, 2.45) is 0 Å². The van der Waals surface area contributed by atoms with Crippen LogP contribution in [0.1, 0.15) is 18.4 Å². The lowest BCUT2D eigenvalue weighted by Crippen LogP contribution is -2.13. The first-order chi connectivity index (χ1) is 32.8. The molecule has 0 aromatic heterocycles. The molecule has 2 heteroatoms. The van der Waals surface area contributed by atoms with E-state index < -0.39 is 0 Å². The van der Waals surface area contributed by atoms with Gasteiger partial charge in [0.25, 0.3) is 0 Å². The Kier molecular flexibility index (Phi) is 10.0. The second-order valence-corrected chi connectivity index (χ2v) is 17.1. The Balaban J connectivity index is 1.09. The summed E-state index contributed by atoms with van der Waals surface area (Å²) < 4.78 is 0. The molecule has 2 nitrogen and oxygen atoms in total. The zero-order chi connectivity index (χ0) is 43.8. The third-order valence-electron chi connectivity index (χ3n) is 13.2. The molecule has 0 N–H and O–H groups in total. The molecule has 11 aromatic rings. The van der Waals surface area contributed by atoms with Crippen molar-refractivity contribution in [3.63, 3.8) is 0 Å². The highest BCUT2D eigenvalue weighted by atomic mass is 15.2. The topological polar surface area (TPSA) is 6.48 Å². The van der Waals surface area contributed by atoms with E-state index in [1.165, 1.54) is 76.8 Å². The smallest absolute Gasteiger partial charge is 0.0540 e. The van der Waals surface area contributed by atoms with Crippen LogP contribution in [-0.2, 0) is 0 Å².